The predicted molar refractivity (Wildman–Crippen MR) is 70.2 cm³/mol. The molecule has 1 atom stereocenters. The van der Waals surface area contributed by atoms with Crippen molar-refractivity contribution in [1.82, 2.24) is 4.90 Å². The highest BCUT2D eigenvalue weighted by atomic mass is 16.6. The zero-order chi connectivity index (χ0) is 13.8. The van der Waals surface area contributed by atoms with Gasteiger partial charge in [0.25, 0.3) is 0 Å². The Morgan fingerprint density at radius 1 is 1.44 bits per heavy atom. The molecule has 18 heavy (non-hydrogen) atoms. The average Bonchev–Trinajstić information content (AvgIpc) is 2.27. The van der Waals surface area contributed by atoms with E-state index in [0.29, 0.717) is 25.4 Å². The standard InChI is InChI=1S/C13H26N2O3/c1-13(2,3)18-12(17)15-7-4-10(5-8-15)11(14)6-9-16/h10-11,16H,4-9,14H2,1-3H3/t11-/m0/s1. The van der Waals surface area contributed by atoms with Gasteiger partial charge in [-0.3, -0.25) is 0 Å². The van der Waals surface area contributed by atoms with Crippen LogP contribution in [0.15, 0.2) is 0 Å². The lowest BCUT2D eigenvalue weighted by molar-refractivity contribution is 0.0171. The van der Waals surface area contributed by atoms with Crippen LogP contribution in [0.2, 0.25) is 0 Å². The number of hydrogen-bond donors (Lipinski definition) is 2. The van der Waals surface area contributed by atoms with Crippen molar-refractivity contribution in [2.24, 2.45) is 11.7 Å². The topological polar surface area (TPSA) is 75.8 Å². The first kappa shape index (κ1) is 15.2. The predicted octanol–water partition coefficient (Wildman–Crippen LogP) is 1.34. The van der Waals surface area contributed by atoms with Crippen molar-refractivity contribution in [3.05, 3.63) is 0 Å². The number of aliphatic hydroxyl groups is 1. The van der Waals surface area contributed by atoms with E-state index in [-0.39, 0.29) is 18.7 Å². The summed E-state index contributed by atoms with van der Waals surface area (Å²) in [6, 6.07) is 0.0378. The second kappa shape index (κ2) is 6.38. The number of likely N-dealkylation sites (tertiary alicyclic amines) is 1. The molecule has 0 unspecified atom stereocenters. The minimum absolute atomic E-state index is 0.0378. The Bertz CT molecular complexity index is 268. The Labute approximate surface area is 109 Å². The van der Waals surface area contributed by atoms with Gasteiger partial charge in [-0.1, -0.05) is 0 Å². The molecule has 5 heteroatoms. The fourth-order valence-electron chi connectivity index (χ4n) is 2.22. The number of nitrogens with two attached hydrogens (primary N) is 1. The number of nitrogens with zero attached hydrogens (tertiary/aromatic N) is 1. The molecule has 0 spiro atoms. The molecule has 0 aliphatic carbocycles. The van der Waals surface area contributed by atoms with Crippen LogP contribution in [-0.2, 0) is 4.74 Å². The number of piperidine rings is 1. The molecule has 1 rings (SSSR count). The van der Waals surface area contributed by atoms with Crippen molar-refractivity contribution in [3.63, 3.8) is 0 Å². The molecule has 0 saturated carbocycles. The van der Waals surface area contributed by atoms with Gasteiger partial charge < -0.3 is 20.5 Å². The largest absolute Gasteiger partial charge is 0.444 e. The summed E-state index contributed by atoms with van der Waals surface area (Å²) in [6.45, 7) is 7.13. The van der Waals surface area contributed by atoms with Crippen LogP contribution in [0.4, 0.5) is 4.79 Å². The number of hydrogen-bond acceptors (Lipinski definition) is 4. The molecular weight excluding hydrogens is 232 g/mol. The molecule has 1 amide bonds. The molecule has 0 radical (unpaired) electrons. The van der Waals surface area contributed by atoms with E-state index in [9.17, 15) is 4.79 Å². The van der Waals surface area contributed by atoms with E-state index in [1.807, 2.05) is 20.8 Å². The van der Waals surface area contributed by atoms with Crippen molar-refractivity contribution < 1.29 is 14.6 Å². The lowest BCUT2D eigenvalue weighted by atomic mass is 9.88. The van der Waals surface area contributed by atoms with Crippen LogP contribution in [0.3, 0.4) is 0 Å². The fourth-order valence-corrected chi connectivity index (χ4v) is 2.22. The third-order valence-corrected chi connectivity index (χ3v) is 3.26. The van der Waals surface area contributed by atoms with E-state index in [1.165, 1.54) is 0 Å². The molecule has 0 aromatic rings. The average molecular weight is 258 g/mol. The van der Waals surface area contributed by atoms with Crippen molar-refractivity contribution in [2.45, 2.75) is 51.7 Å². The summed E-state index contributed by atoms with van der Waals surface area (Å²) >= 11 is 0. The Kier molecular flexibility index (Phi) is 5.41. The first-order chi connectivity index (χ1) is 8.33. The van der Waals surface area contributed by atoms with Gasteiger partial charge in [0.05, 0.1) is 0 Å². The molecule has 0 bridgehead atoms. The first-order valence-corrected chi connectivity index (χ1v) is 6.68. The summed E-state index contributed by atoms with van der Waals surface area (Å²) in [5.74, 6) is 0.399. The first-order valence-electron chi connectivity index (χ1n) is 6.68. The van der Waals surface area contributed by atoms with E-state index < -0.39 is 5.60 Å². The summed E-state index contributed by atoms with van der Waals surface area (Å²) in [6.07, 6.45) is 2.18. The minimum atomic E-state index is -0.443. The fraction of sp³-hybridized carbons (Fsp3) is 0.923. The van der Waals surface area contributed by atoms with Gasteiger partial charge in [0, 0.05) is 25.7 Å². The molecule has 0 aromatic carbocycles. The zero-order valence-corrected chi connectivity index (χ0v) is 11.7. The van der Waals surface area contributed by atoms with Gasteiger partial charge in [-0.15, -0.1) is 0 Å². The van der Waals surface area contributed by atoms with Gasteiger partial charge in [-0.05, 0) is 46.0 Å². The molecule has 1 saturated heterocycles. The molecule has 106 valence electrons. The van der Waals surface area contributed by atoms with E-state index in [1.54, 1.807) is 4.90 Å². The van der Waals surface area contributed by atoms with Crippen LogP contribution in [0, 0.1) is 5.92 Å². The molecular formula is C13H26N2O3. The Morgan fingerprint density at radius 3 is 2.44 bits per heavy atom. The maximum Gasteiger partial charge on any atom is 0.410 e. The van der Waals surface area contributed by atoms with Crippen LogP contribution in [0.1, 0.15) is 40.0 Å². The van der Waals surface area contributed by atoms with Crippen LogP contribution >= 0.6 is 0 Å². The third kappa shape index (κ3) is 4.82. The van der Waals surface area contributed by atoms with E-state index in [4.69, 9.17) is 15.6 Å². The van der Waals surface area contributed by atoms with E-state index in [2.05, 4.69) is 0 Å². The number of rotatable bonds is 3. The maximum atomic E-state index is 11.8. The molecule has 5 nitrogen and oxygen atoms in total. The number of aliphatic hydroxyl groups excluding tert-OH is 1. The van der Waals surface area contributed by atoms with Gasteiger partial charge in [-0.25, -0.2) is 4.79 Å². The van der Waals surface area contributed by atoms with Gasteiger partial charge >= 0.3 is 6.09 Å². The summed E-state index contributed by atoms with van der Waals surface area (Å²) in [7, 11) is 0. The van der Waals surface area contributed by atoms with Crippen molar-refractivity contribution in [1.29, 1.82) is 0 Å². The summed E-state index contributed by atoms with van der Waals surface area (Å²) in [4.78, 5) is 13.6. The van der Waals surface area contributed by atoms with Crippen LogP contribution in [-0.4, -0.2) is 47.4 Å². The highest BCUT2D eigenvalue weighted by Crippen LogP contribution is 2.22. The van der Waals surface area contributed by atoms with Crippen LogP contribution < -0.4 is 5.73 Å². The van der Waals surface area contributed by atoms with Gasteiger partial charge in [0.15, 0.2) is 0 Å². The van der Waals surface area contributed by atoms with Gasteiger partial charge in [0.1, 0.15) is 5.60 Å². The molecule has 1 aliphatic rings. The lowest BCUT2D eigenvalue weighted by Crippen LogP contribution is -2.45. The second-order valence-corrected chi connectivity index (χ2v) is 5.98. The highest BCUT2D eigenvalue weighted by molar-refractivity contribution is 5.68. The second-order valence-electron chi connectivity index (χ2n) is 5.98. The maximum absolute atomic E-state index is 11.8. The molecule has 1 heterocycles. The van der Waals surface area contributed by atoms with Crippen molar-refractivity contribution in [3.8, 4) is 0 Å². The summed E-state index contributed by atoms with van der Waals surface area (Å²) < 4.78 is 5.34. The molecule has 1 fully saturated rings. The van der Waals surface area contributed by atoms with Crippen molar-refractivity contribution in [2.75, 3.05) is 19.7 Å². The summed E-state index contributed by atoms with van der Waals surface area (Å²) in [5.41, 5.74) is 5.54. The minimum Gasteiger partial charge on any atom is -0.444 e. The highest BCUT2D eigenvalue weighted by Gasteiger charge is 2.28. The number of ether oxygens (including phenoxy) is 1. The molecule has 1 aliphatic heterocycles. The van der Waals surface area contributed by atoms with E-state index >= 15 is 0 Å². The SMILES string of the molecule is CC(C)(C)OC(=O)N1CCC([C@@H](N)CCO)CC1. The number of amides is 1. The Morgan fingerprint density at radius 2 is 2.00 bits per heavy atom. The van der Waals surface area contributed by atoms with Gasteiger partial charge in [0.2, 0.25) is 0 Å². The zero-order valence-electron chi connectivity index (χ0n) is 11.7. The van der Waals surface area contributed by atoms with Crippen molar-refractivity contribution >= 4 is 6.09 Å². The van der Waals surface area contributed by atoms with Crippen LogP contribution in [0.5, 0.6) is 0 Å². The Balaban J connectivity index is 2.37. The normalized spacial score (nSPS) is 19.7. The molecule has 3 N–H and O–H groups in total. The lowest BCUT2D eigenvalue weighted by Gasteiger charge is -2.35. The summed E-state index contributed by atoms with van der Waals surface area (Å²) in [5, 5.41) is 8.87. The number of carbonyl (C=O) groups excluding carboxylic acids is 1. The van der Waals surface area contributed by atoms with Gasteiger partial charge in [-0.2, -0.15) is 0 Å². The monoisotopic (exact) mass is 258 g/mol. The van der Waals surface area contributed by atoms with Crippen LogP contribution in [0.25, 0.3) is 0 Å². The molecule has 0 aromatic heterocycles. The third-order valence-electron chi connectivity index (χ3n) is 3.26. The van der Waals surface area contributed by atoms with E-state index in [0.717, 1.165) is 12.8 Å². The quantitative estimate of drug-likeness (QED) is 0.801. The smallest absolute Gasteiger partial charge is 0.410 e. The number of carbonyl (C=O) groups is 1. The Hall–Kier alpha value is -0.810.